The Hall–Kier alpha value is -1.38. The molecule has 0 radical (unpaired) electrons. The van der Waals surface area contributed by atoms with Crippen molar-refractivity contribution >= 4 is 48.0 Å². The minimum atomic E-state index is -0.0643. The van der Waals surface area contributed by atoms with Gasteiger partial charge >= 0.3 is 0 Å². The predicted molar refractivity (Wildman–Crippen MR) is 98.8 cm³/mol. The number of nitrogens with zero attached hydrogens (tertiary/aromatic N) is 4. The second-order valence-electron chi connectivity index (χ2n) is 5.08. The number of nitrogens with one attached hydrogen (secondary N) is 2. The molecule has 0 spiro atoms. The standard InChI is InChI=1S/C14H17ClN6O.2ClH/c15-11-1-2-13(21-10-17-9-18-21)12(7-11)19-14(22)8-20-5-3-16-4-6-20;;/h1-2,7,9-10,16H,3-6,8H2,(H,19,22);2*1H. The van der Waals surface area contributed by atoms with Gasteiger partial charge in [-0.1, -0.05) is 11.6 Å². The molecule has 0 aliphatic carbocycles. The first-order valence-electron chi connectivity index (χ1n) is 7.10. The lowest BCUT2D eigenvalue weighted by Crippen LogP contribution is -2.46. The van der Waals surface area contributed by atoms with Crippen molar-refractivity contribution in [3.05, 3.63) is 35.9 Å². The number of halogens is 3. The van der Waals surface area contributed by atoms with E-state index in [2.05, 4.69) is 25.6 Å². The van der Waals surface area contributed by atoms with Crippen LogP contribution in [0.3, 0.4) is 0 Å². The molecular formula is C14H19Cl3N6O. The highest BCUT2D eigenvalue weighted by molar-refractivity contribution is 6.31. The van der Waals surface area contributed by atoms with E-state index < -0.39 is 0 Å². The van der Waals surface area contributed by atoms with E-state index in [0.29, 0.717) is 17.3 Å². The zero-order chi connectivity index (χ0) is 15.4. The number of amides is 1. The normalized spacial score (nSPS) is 14.4. The summed E-state index contributed by atoms with van der Waals surface area (Å²) in [5.41, 5.74) is 1.36. The molecule has 0 atom stereocenters. The number of anilines is 1. The van der Waals surface area contributed by atoms with E-state index in [4.69, 9.17) is 11.6 Å². The van der Waals surface area contributed by atoms with Gasteiger partial charge in [0, 0.05) is 31.2 Å². The summed E-state index contributed by atoms with van der Waals surface area (Å²) in [4.78, 5) is 18.3. The molecule has 7 nitrogen and oxygen atoms in total. The number of hydrogen-bond acceptors (Lipinski definition) is 5. The average Bonchev–Trinajstić information content (AvgIpc) is 3.02. The van der Waals surface area contributed by atoms with Gasteiger partial charge in [0.2, 0.25) is 5.91 Å². The number of piperazine rings is 1. The molecule has 2 N–H and O–H groups in total. The van der Waals surface area contributed by atoms with E-state index in [0.717, 1.165) is 31.9 Å². The molecule has 2 heterocycles. The number of rotatable bonds is 4. The first-order chi connectivity index (χ1) is 10.7. The fourth-order valence-electron chi connectivity index (χ4n) is 2.40. The Kier molecular flexibility index (Phi) is 8.44. The Morgan fingerprint density at radius 2 is 2.04 bits per heavy atom. The Morgan fingerprint density at radius 1 is 1.29 bits per heavy atom. The highest BCUT2D eigenvalue weighted by Crippen LogP contribution is 2.23. The Labute approximate surface area is 157 Å². The third-order valence-corrected chi connectivity index (χ3v) is 3.71. The fraction of sp³-hybridized carbons (Fsp3) is 0.357. The SMILES string of the molecule is Cl.Cl.O=C(CN1CCNCC1)Nc1cc(Cl)ccc1-n1cncn1. The van der Waals surface area contributed by atoms with E-state index >= 15 is 0 Å². The first-order valence-corrected chi connectivity index (χ1v) is 7.47. The number of benzene rings is 1. The van der Waals surface area contributed by atoms with Crippen molar-refractivity contribution in [3.63, 3.8) is 0 Å². The van der Waals surface area contributed by atoms with Gasteiger partial charge in [0.1, 0.15) is 12.7 Å². The van der Waals surface area contributed by atoms with Crippen molar-refractivity contribution in [2.75, 3.05) is 38.0 Å². The summed E-state index contributed by atoms with van der Waals surface area (Å²) < 4.78 is 1.59. The number of carbonyl (C=O) groups excluding carboxylic acids is 1. The largest absolute Gasteiger partial charge is 0.323 e. The van der Waals surface area contributed by atoms with Gasteiger partial charge in [-0.25, -0.2) is 9.67 Å². The number of aromatic nitrogens is 3. The smallest absolute Gasteiger partial charge is 0.238 e. The highest BCUT2D eigenvalue weighted by atomic mass is 35.5. The lowest BCUT2D eigenvalue weighted by molar-refractivity contribution is -0.117. The predicted octanol–water partition coefficient (Wildman–Crippen LogP) is 1.61. The molecule has 1 aliphatic rings. The molecule has 1 amide bonds. The van der Waals surface area contributed by atoms with Crippen LogP contribution in [-0.2, 0) is 4.79 Å². The average molecular weight is 394 g/mol. The van der Waals surface area contributed by atoms with E-state index in [1.54, 1.807) is 29.2 Å². The summed E-state index contributed by atoms with van der Waals surface area (Å²) in [6.07, 6.45) is 3.02. The minimum Gasteiger partial charge on any atom is -0.323 e. The summed E-state index contributed by atoms with van der Waals surface area (Å²) in [6.45, 7) is 3.94. The monoisotopic (exact) mass is 392 g/mol. The van der Waals surface area contributed by atoms with Crippen LogP contribution in [0, 0.1) is 0 Å². The van der Waals surface area contributed by atoms with Crippen LogP contribution in [-0.4, -0.2) is 58.3 Å². The molecule has 24 heavy (non-hydrogen) atoms. The van der Waals surface area contributed by atoms with Gasteiger partial charge in [0.05, 0.1) is 17.9 Å². The maximum Gasteiger partial charge on any atom is 0.238 e. The van der Waals surface area contributed by atoms with Gasteiger partial charge in [0.25, 0.3) is 0 Å². The summed E-state index contributed by atoms with van der Waals surface area (Å²) in [6, 6.07) is 5.27. The molecule has 1 aromatic heterocycles. The fourth-order valence-corrected chi connectivity index (χ4v) is 2.57. The number of carbonyl (C=O) groups is 1. The molecular weight excluding hydrogens is 375 g/mol. The lowest BCUT2D eigenvalue weighted by Gasteiger charge is -2.26. The summed E-state index contributed by atoms with van der Waals surface area (Å²) in [5, 5.41) is 10.8. The van der Waals surface area contributed by atoms with Gasteiger partial charge in [-0.15, -0.1) is 24.8 Å². The van der Waals surface area contributed by atoms with Crippen LogP contribution in [0.5, 0.6) is 0 Å². The van der Waals surface area contributed by atoms with Crippen molar-refractivity contribution in [2.45, 2.75) is 0 Å². The second-order valence-corrected chi connectivity index (χ2v) is 5.51. The van der Waals surface area contributed by atoms with Gasteiger partial charge in [0.15, 0.2) is 0 Å². The summed E-state index contributed by atoms with van der Waals surface area (Å²) in [5.74, 6) is -0.0643. The lowest BCUT2D eigenvalue weighted by atomic mass is 10.2. The van der Waals surface area contributed by atoms with Crippen LogP contribution in [0.25, 0.3) is 5.69 Å². The molecule has 1 fully saturated rings. The van der Waals surface area contributed by atoms with Gasteiger partial charge in [-0.2, -0.15) is 5.10 Å². The van der Waals surface area contributed by atoms with Crippen LogP contribution in [0.15, 0.2) is 30.9 Å². The topological polar surface area (TPSA) is 75.1 Å². The second kappa shape index (κ2) is 9.80. The minimum absolute atomic E-state index is 0. The zero-order valence-electron chi connectivity index (χ0n) is 12.8. The number of hydrogen-bond donors (Lipinski definition) is 2. The van der Waals surface area contributed by atoms with Gasteiger partial charge in [-0.3, -0.25) is 9.69 Å². The first kappa shape index (κ1) is 20.7. The molecule has 0 bridgehead atoms. The molecule has 1 aliphatic heterocycles. The van der Waals surface area contributed by atoms with E-state index in [1.807, 2.05) is 0 Å². The highest BCUT2D eigenvalue weighted by Gasteiger charge is 2.15. The van der Waals surface area contributed by atoms with Gasteiger partial charge in [-0.05, 0) is 18.2 Å². The third kappa shape index (κ3) is 5.32. The maximum atomic E-state index is 12.3. The summed E-state index contributed by atoms with van der Waals surface area (Å²) >= 11 is 6.04. The molecule has 0 unspecified atom stereocenters. The van der Waals surface area contributed by atoms with E-state index in [9.17, 15) is 4.79 Å². The van der Waals surface area contributed by atoms with Gasteiger partial charge < -0.3 is 10.6 Å². The molecule has 3 rings (SSSR count). The van der Waals surface area contributed by atoms with E-state index in [1.165, 1.54) is 6.33 Å². The molecule has 10 heteroatoms. The zero-order valence-corrected chi connectivity index (χ0v) is 15.2. The maximum absolute atomic E-state index is 12.3. The molecule has 1 aromatic carbocycles. The van der Waals surface area contributed by atoms with Crippen LogP contribution in [0.2, 0.25) is 5.02 Å². The van der Waals surface area contributed by atoms with Crippen molar-refractivity contribution in [3.8, 4) is 5.69 Å². The van der Waals surface area contributed by atoms with Crippen LogP contribution in [0.4, 0.5) is 5.69 Å². The van der Waals surface area contributed by atoms with Crippen molar-refractivity contribution in [1.29, 1.82) is 0 Å². The van der Waals surface area contributed by atoms with Crippen LogP contribution >= 0.6 is 36.4 Å². The third-order valence-electron chi connectivity index (χ3n) is 3.48. The quantitative estimate of drug-likeness (QED) is 0.825. The Morgan fingerprint density at radius 3 is 2.71 bits per heavy atom. The Bertz CT molecular complexity index is 646. The van der Waals surface area contributed by atoms with Crippen LogP contribution in [0.1, 0.15) is 0 Å². The van der Waals surface area contributed by atoms with Crippen molar-refractivity contribution < 1.29 is 4.79 Å². The molecule has 1 saturated heterocycles. The van der Waals surface area contributed by atoms with Crippen molar-refractivity contribution in [1.82, 2.24) is 25.0 Å². The molecule has 2 aromatic rings. The molecule has 0 saturated carbocycles. The molecule has 132 valence electrons. The Balaban J connectivity index is 0.00000144. The van der Waals surface area contributed by atoms with Crippen LogP contribution < -0.4 is 10.6 Å². The summed E-state index contributed by atoms with van der Waals surface area (Å²) in [7, 11) is 0. The van der Waals surface area contributed by atoms with E-state index in [-0.39, 0.29) is 30.7 Å². The van der Waals surface area contributed by atoms with Crippen molar-refractivity contribution in [2.24, 2.45) is 0 Å².